The second-order valence-electron chi connectivity index (χ2n) is 4.75. The average molecular weight is 236 g/mol. The van der Waals surface area contributed by atoms with Crippen molar-refractivity contribution in [2.75, 3.05) is 23.7 Å². The molecule has 2 rings (SSSR count). The van der Waals surface area contributed by atoms with Gasteiger partial charge in [-0.1, -0.05) is 0 Å². The van der Waals surface area contributed by atoms with Crippen LogP contribution in [0.4, 0.5) is 11.4 Å². The van der Waals surface area contributed by atoms with Gasteiger partial charge in [0, 0.05) is 13.1 Å². The van der Waals surface area contributed by atoms with Gasteiger partial charge in [0.25, 0.3) is 0 Å². The molecule has 0 aliphatic carbocycles. The number of nitrogens with two attached hydrogens (primary N) is 1. The fraction of sp³-hybridized carbons (Fsp3) is 0.417. The van der Waals surface area contributed by atoms with Gasteiger partial charge < -0.3 is 20.8 Å². The third-order valence-electron chi connectivity index (χ3n) is 3.07. The van der Waals surface area contributed by atoms with E-state index in [4.69, 9.17) is 10.8 Å². The summed E-state index contributed by atoms with van der Waals surface area (Å²) in [6, 6.07) is 4.63. The van der Waals surface area contributed by atoms with Crippen LogP contribution in [0.5, 0.6) is 0 Å². The van der Waals surface area contributed by atoms with Crippen LogP contribution in [0.3, 0.4) is 0 Å². The Morgan fingerprint density at radius 1 is 1.53 bits per heavy atom. The molecule has 1 aliphatic heterocycles. The summed E-state index contributed by atoms with van der Waals surface area (Å²) in [6.07, 6.45) is 0.656. The van der Waals surface area contributed by atoms with E-state index in [0.717, 1.165) is 0 Å². The van der Waals surface area contributed by atoms with Gasteiger partial charge >= 0.3 is 5.97 Å². The van der Waals surface area contributed by atoms with E-state index < -0.39 is 11.6 Å². The van der Waals surface area contributed by atoms with Gasteiger partial charge in [-0.3, -0.25) is 0 Å². The third-order valence-corrected chi connectivity index (χ3v) is 3.07. The largest absolute Gasteiger partial charge is 0.478 e. The van der Waals surface area contributed by atoms with E-state index in [1.807, 2.05) is 4.90 Å². The maximum Gasteiger partial charge on any atom is 0.335 e. The smallest absolute Gasteiger partial charge is 0.335 e. The third kappa shape index (κ3) is 2.34. The molecule has 92 valence electrons. The second kappa shape index (κ2) is 3.92. The molecule has 17 heavy (non-hydrogen) atoms. The van der Waals surface area contributed by atoms with Crippen LogP contribution in [-0.4, -0.2) is 34.9 Å². The van der Waals surface area contributed by atoms with Crippen molar-refractivity contribution in [3.05, 3.63) is 23.8 Å². The molecule has 0 radical (unpaired) electrons. The molecule has 1 fully saturated rings. The maximum absolute atomic E-state index is 10.9. The molecular weight excluding hydrogens is 220 g/mol. The first-order chi connectivity index (χ1) is 7.89. The van der Waals surface area contributed by atoms with Crippen LogP contribution in [0.2, 0.25) is 0 Å². The van der Waals surface area contributed by atoms with Gasteiger partial charge in [-0.15, -0.1) is 0 Å². The van der Waals surface area contributed by atoms with E-state index in [0.29, 0.717) is 30.9 Å². The van der Waals surface area contributed by atoms with Crippen molar-refractivity contribution < 1.29 is 15.0 Å². The fourth-order valence-electron chi connectivity index (χ4n) is 2.10. The predicted molar refractivity (Wildman–Crippen MR) is 65.3 cm³/mol. The summed E-state index contributed by atoms with van der Waals surface area (Å²) < 4.78 is 0. The zero-order valence-corrected chi connectivity index (χ0v) is 9.68. The Labute approximate surface area is 99.5 Å². The van der Waals surface area contributed by atoms with Crippen molar-refractivity contribution in [1.29, 1.82) is 0 Å². The van der Waals surface area contributed by atoms with Crippen LogP contribution in [0.25, 0.3) is 0 Å². The highest BCUT2D eigenvalue weighted by Gasteiger charge is 2.32. The van der Waals surface area contributed by atoms with Crippen LogP contribution in [0.15, 0.2) is 18.2 Å². The van der Waals surface area contributed by atoms with Crippen LogP contribution >= 0.6 is 0 Å². The first kappa shape index (κ1) is 11.7. The van der Waals surface area contributed by atoms with E-state index >= 15 is 0 Å². The van der Waals surface area contributed by atoms with Gasteiger partial charge in [0.05, 0.1) is 22.5 Å². The Morgan fingerprint density at radius 2 is 2.24 bits per heavy atom. The van der Waals surface area contributed by atoms with Crippen molar-refractivity contribution in [2.45, 2.75) is 18.9 Å². The predicted octanol–water partition coefficient (Wildman–Crippen LogP) is 0.928. The van der Waals surface area contributed by atoms with Gasteiger partial charge in [-0.05, 0) is 31.5 Å². The molecule has 0 amide bonds. The number of carboxylic acids is 1. The van der Waals surface area contributed by atoms with Crippen molar-refractivity contribution in [3.8, 4) is 0 Å². The molecule has 1 saturated heterocycles. The Morgan fingerprint density at radius 3 is 2.76 bits per heavy atom. The first-order valence-corrected chi connectivity index (χ1v) is 5.49. The molecule has 1 aromatic rings. The van der Waals surface area contributed by atoms with Gasteiger partial charge in [0.15, 0.2) is 0 Å². The topological polar surface area (TPSA) is 86.8 Å². The number of rotatable bonds is 2. The number of nitrogen functional groups attached to an aromatic ring is 1. The summed E-state index contributed by atoms with van der Waals surface area (Å²) in [4.78, 5) is 12.8. The highest BCUT2D eigenvalue weighted by atomic mass is 16.4. The molecule has 0 aromatic heterocycles. The highest BCUT2D eigenvalue weighted by molar-refractivity contribution is 5.90. The average Bonchev–Trinajstić information content (AvgIpc) is 2.59. The number of carbonyl (C=O) groups is 1. The molecule has 5 nitrogen and oxygen atoms in total. The van der Waals surface area contributed by atoms with Crippen molar-refractivity contribution in [1.82, 2.24) is 0 Å². The Balaban J connectivity index is 2.32. The van der Waals surface area contributed by atoms with Crippen molar-refractivity contribution >= 4 is 17.3 Å². The number of hydrogen-bond acceptors (Lipinski definition) is 4. The number of nitrogens with zero attached hydrogens (tertiary/aromatic N) is 1. The molecule has 5 heteroatoms. The molecule has 1 heterocycles. The first-order valence-electron chi connectivity index (χ1n) is 5.49. The summed E-state index contributed by atoms with van der Waals surface area (Å²) in [5.41, 5.74) is 6.54. The van der Waals surface area contributed by atoms with E-state index in [-0.39, 0.29) is 5.56 Å². The minimum Gasteiger partial charge on any atom is -0.478 e. The van der Waals surface area contributed by atoms with Crippen LogP contribution < -0.4 is 10.6 Å². The SMILES string of the molecule is CC1(O)CCN(c2cc(C(=O)O)ccc2N)C1. The van der Waals surface area contributed by atoms with Gasteiger partial charge in [0.2, 0.25) is 0 Å². The lowest BCUT2D eigenvalue weighted by molar-refractivity contribution is 0.0697. The number of carboxylic acid groups (broad SMARTS) is 1. The normalized spacial score (nSPS) is 24.0. The lowest BCUT2D eigenvalue weighted by Gasteiger charge is -2.22. The van der Waals surface area contributed by atoms with Gasteiger partial charge in [-0.25, -0.2) is 4.79 Å². The van der Waals surface area contributed by atoms with Gasteiger partial charge in [0.1, 0.15) is 0 Å². The van der Waals surface area contributed by atoms with E-state index in [1.54, 1.807) is 19.1 Å². The number of anilines is 2. The standard InChI is InChI=1S/C12H16N2O3/c1-12(17)4-5-14(7-12)10-6-8(11(15)16)2-3-9(10)13/h2-3,6,17H,4-5,7,13H2,1H3,(H,15,16). The molecule has 1 aromatic carbocycles. The minimum absolute atomic E-state index is 0.209. The molecule has 1 aliphatic rings. The summed E-state index contributed by atoms with van der Waals surface area (Å²) in [7, 11) is 0. The summed E-state index contributed by atoms with van der Waals surface area (Å²) in [6.45, 7) is 2.92. The Hall–Kier alpha value is -1.75. The van der Waals surface area contributed by atoms with Crippen LogP contribution in [0.1, 0.15) is 23.7 Å². The summed E-state index contributed by atoms with van der Waals surface area (Å²) in [5.74, 6) is -0.975. The molecule has 1 unspecified atom stereocenters. The van der Waals surface area contributed by atoms with Crippen LogP contribution in [-0.2, 0) is 0 Å². The molecule has 0 bridgehead atoms. The minimum atomic E-state index is -0.975. The zero-order valence-electron chi connectivity index (χ0n) is 9.68. The summed E-state index contributed by atoms with van der Waals surface area (Å²) >= 11 is 0. The number of aliphatic hydroxyl groups is 1. The molecule has 1 atom stereocenters. The van der Waals surface area contributed by atoms with E-state index in [9.17, 15) is 9.90 Å². The quantitative estimate of drug-likeness (QED) is 0.665. The highest BCUT2D eigenvalue weighted by Crippen LogP contribution is 2.31. The molecule has 4 N–H and O–H groups in total. The van der Waals surface area contributed by atoms with Crippen molar-refractivity contribution in [3.63, 3.8) is 0 Å². The van der Waals surface area contributed by atoms with Gasteiger partial charge in [-0.2, -0.15) is 0 Å². The van der Waals surface area contributed by atoms with E-state index in [1.165, 1.54) is 6.07 Å². The van der Waals surface area contributed by atoms with Crippen LogP contribution in [0, 0.1) is 0 Å². The number of hydrogen-bond donors (Lipinski definition) is 3. The Kier molecular flexibility index (Phi) is 2.71. The monoisotopic (exact) mass is 236 g/mol. The maximum atomic E-state index is 10.9. The van der Waals surface area contributed by atoms with E-state index in [2.05, 4.69) is 0 Å². The lowest BCUT2D eigenvalue weighted by atomic mass is 10.1. The number of aromatic carboxylic acids is 1. The molecule has 0 saturated carbocycles. The van der Waals surface area contributed by atoms with Crippen molar-refractivity contribution in [2.24, 2.45) is 0 Å². The Bertz CT molecular complexity index is 457. The number of β-amino-alcohol motifs (C(OH)–C–C–N with tert-alkyl or cyclic N) is 1. The molecular formula is C12H16N2O3. The fourth-order valence-corrected chi connectivity index (χ4v) is 2.10. The number of benzene rings is 1. The second-order valence-corrected chi connectivity index (χ2v) is 4.75. The molecule has 0 spiro atoms. The zero-order chi connectivity index (χ0) is 12.6. The lowest BCUT2D eigenvalue weighted by Crippen LogP contribution is -2.30. The summed E-state index contributed by atoms with van der Waals surface area (Å²) in [5, 5.41) is 18.8.